The molecule has 2 N–H and O–H groups in total. The standard InChI is InChI=1S/C13H10BrCl2N3O/c1-17-12-5-8(11(16)6-18-12)13(20)19-7-2-3-10(15)9(14)4-7/h2-6H,1H3,(H,17,18)(H,19,20). The van der Waals surface area contributed by atoms with Gasteiger partial charge in [0, 0.05) is 23.4 Å². The van der Waals surface area contributed by atoms with E-state index < -0.39 is 0 Å². The molecular formula is C13H10BrCl2N3O. The van der Waals surface area contributed by atoms with Gasteiger partial charge in [-0.25, -0.2) is 4.98 Å². The van der Waals surface area contributed by atoms with Crippen LogP contribution < -0.4 is 10.6 Å². The maximum atomic E-state index is 12.2. The third-order valence-corrected chi connectivity index (χ3v) is 4.05. The summed E-state index contributed by atoms with van der Waals surface area (Å²) < 4.78 is 0.703. The lowest BCUT2D eigenvalue weighted by molar-refractivity contribution is 0.102. The Labute approximate surface area is 134 Å². The second-order valence-corrected chi connectivity index (χ2v) is 5.55. The molecule has 0 atom stereocenters. The van der Waals surface area contributed by atoms with E-state index >= 15 is 0 Å². The molecule has 0 aliphatic heterocycles. The molecule has 7 heteroatoms. The second-order valence-electron chi connectivity index (χ2n) is 3.88. The molecule has 0 unspecified atom stereocenters. The third-order valence-electron chi connectivity index (χ3n) is 2.53. The SMILES string of the molecule is CNc1cc(C(=O)Nc2ccc(Cl)c(Br)c2)c(Cl)cn1. The molecule has 2 aromatic rings. The minimum absolute atomic E-state index is 0.287. The Morgan fingerprint density at radius 3 is 2.65 bits per heavy atom. The van der Waals surface area contributed by atoms with Gasteiger partial charge in [-0.15, -0.1) is 0 Å². The zero-order valence-electron chi connectivity index (χ0n) is 10.4. The normalized spacial score (nSPS) is 10.2. The predicted molar refractivity (Wildman–Crippen MR) is 85.9 cm³/mol. The van der Waals surface area contributed by atoms with Gasteiger partial charge >= 0.3 is 0 Å². The number of aromatic nitrogens is 1. The number of anilines is 2. The van der Waals surface area contributed by atoms with Crippen LogP contribution in [0.5, 0.6) is 0 Å². The quantitative estimate of drug-likeness (QED) is 0.834. The lowest BCUT2D eigenvalue weighted by Gasteiger charge is -2.09. The summed E-state index contributed by atoms with van der Waals surface area (Å²) in [4.78, 5) is 16.2. The van der Waals surface area contributed by atoms with Crippen molar-refractivity contribution in [2.75, 3.05) is 17.7 Å². The summed E-state index contributed by atoms with van der Waals surface area (Å²) in [6.07, 6.45) is 1.43. The van der Waals surface area contributed by atoms with Crippen molar-refractivity contribution < 1.29 is 4.79 Å². The van der Waals surface area contributed by atoms with Gasteiger partial charge in [0.2, 0.25) is 0 Å². The van der Waals surface area contributed by atoms with Crippen LogP contribution in [-0.4, -0.2) is 17.9 Å². The van der Waals surface area contributed by atoms with E-state index in [9.17, 15) is 4.79 Å². The summed E-state index contributed by atoms with van der Waals surface area (Å²) in [7, 11) is 1.72. The summed E-state index contributed by atoms with van der Waals surface area (Å²) in [5.41, 5.74) is 0.960. The van der Waals surface area contributed by atoms with E-state index in [1.807, 2.05) is 0 Å². The van der Waals surface area contributed by atoms with Crippen molar-refractivity contribution in [2.45, 2.75) is 0 Å². The van der Waals surface area contributed by atoms with Gasteiger partial charge in [0.1, 0.15) is 5.82 Å². The number of pyridine rings is 1. The van der Waals surface area contributed by atoms with Crippen molar-refractivity contribution in [3.63, 3.8) is 0 Å². The average molecular weight is 375 g/mol. The summed E-state index contributed by atoms with van der Waals surface area (Å²) >= 11 is 15.2. The largest absolute Gasteiger partial charge is 0.373 e. The Morgan fingerprint density at radius 1 is 1.25 bits per heavy atom. The monoisotopic (exact) mass is 373 g/mol. The van der Waals surface area contributed by atoms with Crippen LogP contribution in [0.1, 0.15) is 10.4 Å². The van der Waals surface area contributed by atoms with E-state index in [1.54, 1.807) is 31.3 Å². The number of hydrogen-bond donors (Lipinski definition) is 2. The van der Waals surface area contributed by atoms with Gasteiger partial charge in [0.25, 0.3) is 5.91 Å². The maximum absolute atomic E-state index is 12.2. The molecule has 1 amide bonds. The molecule has 104 valence electrons. The number of hydrogen-bond acceptors (Lipinski definition) is 3. The Morgan fingerprint density at radius 2 is 2.00 bits per heavy atom. The van der Waals surface area contributed by atoms with Gasteiger partial charge in [-0.1, -0.05) is 23.2 Å². The van der Waals surface area contributed by atoms with Crippen LogP contribution in [0.25, 0.3) is 0 Å². The van der Waals surface area contributed by atoms with Crippen LogP contribution >= 0.6 is 39.1 Å². The first-order valence-corrected chi connectivity index (χ1v) is 7.16. The fourth-order valence-corrected chi connectivity index (χ4v) is 2.21. The van der Waals surface area contributed by atoms with Crippen molar-refractivity contribution in [3.05, 3.63) is 50.5 Å². The Bertz CT molecular complexity index is 664. The van der Waals surface area contributed by atoms with Crippen LogP contribution in [-0.2, 0) is 0 Å². The van der Waals surface area contributed by atoms with Gasteiger partial charge in [-0.05, 0) is 40.2 Å². The van der Waals surface area contributed by atoms with E-state index in [-0.39, 0.29) is 10.9 Å². The number of amides is 1. The van der Waals surface area contributed by atoms with Crippen molar-refractivity contribution >= 4 is 56.5 Å². The molecular weight excluding hydrogens is 365 g/mol. The first-order valence-electron chi connectivity index (χ1n) is 5.61. The smallest absolute Gasteiger partial charge is 0.257 e. The summed E-state index contributed by atoms with van der Waals surface area (Å²) in [5.74, 6) is 0.250. The average Bonchev–Trinajstić information content (AvgIpc) is 2.43. The molecule has 0 saturated carbocycles. The highest BCUT2D eigenvalue weighted by Crippen LogP contribution is 2.26. The lowest BCUT2D eigenvalue weighted by atomic mass is 10.2. The fraction of sp³-hybridized carbons (Fsp3) is 0.0769. The highest BCUT2D eigenvalue weighted by Gasteiger charge is 2.12. The van der Waals surface area contributed by atoms with E-state index in [1.165, 1.54) is 6.20 Å². The number of nitrogens with one attached hydrogen (secondary N) is 2. The Kier molecular flexibility index (Phi) is 4.86. The minimum atomic E-state index is -0.317. The van der Waals surface area contributed by atoms with Gasteiger partial charge in [0.15, 0.2) is 0 Å². The van der Waals surface area contributed by atoms with E-state index in [2.05, 4.69) is 31.5 Å². The molecule has 1 heterocycles. The number of nitrogens with zero attached hydrogens (tertiary/aromatic N) is 1. The summed E-state index contributed by atoms with van der Waals surface area (Å²) in [6, 6.07) is 6.70. The number of halogens is 3. The molecule has 0 aliphatic carbocycles. The number of benzene rings is 1. The highest BCUT2D eigenvalue weighted by atomic mass is 79.9. The topological polar surface area (TPSA) is 54.0 Å². The minimum Gasteiger partial charge on any atom is -0.373 e. The van der Waals surface area contributed by atoms with Crippen LogP contribution in [0.2, 0.25) is 10.0 Å². The summed E-state index contributed by atoms with van der Waals surface area (Å²) in [5, 5.41) is 6.46. The molecule has 0 bridgehead atoms. The van der Waals surface area contributed by atoms with Crippen LogP contribution in [0.3, 0.4) is 0 Å². The number of rotatable bonds is 3. The van der Waals surface area contributed by atoms with Crippen molar-refractivity contribution in [1.82, 2.24) is 4.98 Å². The molecule has 0 aliphatic rings. The van der Waals surface area contributed by atoms with Crippen molar-refractivity contribution in [2.24, 2.45) is 0 Å². The second kappa shape index (κ2) is 6.43. The first kappa shape index (κ1) is 15.1. The number of carbonyl (C=O) groups is 1. The molecule has 2 rings (SSSR count). The molecule has 1 aromatic heterocycles. The van der Waals surface area contributed by atoms with E-state index in [4.69, 9.17) is 23.2 Å². The molecule has 0 fully saturated rings. The first-order chi connectivity index (χ1) is 9.51. The number of carbonyl (C=O) groups excluding carboxylic acids is 1. The highest BCUT2D eigenvalue weighted by molar-refractivity contribution is 9.10. The van der Waals surface area contributed by atoms with Gasteiger partial charge in [-0.2, -0.15) is 0 Å². The van der Waals surface area contributed by atoms with Gasteiger partial charge in [-0.3, -0.25) is 4.79 Å². The zero-order valence-corrected chi connectivity index (χ0v) is 13.5. The van der Waals surface area contributed by atoms with Crippen molar-refractivity contribution in [3.8, 4) is 0 Å². The zero-order chi connectivity index (χ0) is 14.7. The molecule has 0 saturated heterocycles. The van der Waals surface area contributed by atoms with Gasteiger partial charge < -0.3 is 10.6 Å². The van der Waals surface area contributed by atoms with Crippen LogP contribution in [0, 0.1) is 0 Å². The summed E-state index contributed by atoms with van der Waals surface area (Å²) in [6.45, 7) is 0. The van der Waals surface area contributed by atoms with Crippen molar-refractivity contribution in [1.29, 1.82) is 0 Å². The fourth-order valence-electron chi connectivity index (χ4n) is 1.52. The van der Waals surface area contributed by atoms with Gasteiger partial charge in [0.05, 0.1) is 15.6 Å². The molecule has 20 heavy (non-hydrogen) atoms. The molecule has 4 nitrogen and oxygen atoms in total. The predicted octanol–water partition coefficient (Wildman–Crippen LogP) is 4.44. The molecule has 0 spiro atoms. The van der Waals surface area contributed by atoms with E-state index in [0.717, 1.165) is 0 Å². The third kappa shape index (κ3) is 3.42. The Balaban J connectivity index is 2.25. The molecule has 0 radical (unpaired) electrons. The maximum Gasteiger partial charge on any atom is 0.257 e. The lowest BCUT2D eigenvalue weighted by Crippen LogP contribution is -2.13. The molecule has 1 aromatic carbocycles. The van der Waals surface area contributed by atoms with Crippen LogP contribution in [0.4, 0.5) is 11.5 Å². The Hall–Kier alpha value is -1.30. The van der Waals surface area contributed by atoms with E-state index in [0.29, 0.717) is 26.6 Å². The van der Waals surface area contributed by atoms with Crippen LogP contribution in [0.15, 0.2) is 34.9 Å².